The predicted octanol–water partition coefficient (Wildman–Crippen LogP) is 5.63. The third-order valence-corrected chi connectivity index (χ3v) is 9.50. The van der Waals surface area contributed by atoms with Crippen molar-refractivity contribution in [2.24, 2.45) is 11.8 Å². The van der Waals surface area contributed by atoms with Gasteiger partial charge < -0.3 is 19.8 Å². The van der Waals surface area contributed by atoms with Gasteiger partial charge in [0.2, 0.25) is 0 Å². The van der Waals surface area contributed by atoms with Crippen LogP contribution in [-0.2, 0) is 4.79 Å². The summed E-state index contributed by atoms with van der Waals surface area (Å²) in [5.74, 6) is 0.732. The van der Waals surface area contributed by atoms with Gasteiger partial charge in [0.25, 0.3) is 0 Å². The van der Waals surface area contributed by atoms with Crippen LogP contribution in [0.3, 0.4) is 0 Å². The van der Waals surface area contributed by atoms with Crippen LogP contribution in [0.15, 0.2) is 46.1 Å². The van der Waals surface area contributed by atoms with Crippen LogP contribution in [0.1, 0.15) is 42.9 Å². The second-order valence-corrected chi connectivity index (χ2v) is 11.5. The van der Waals surface area contributed by atoms with Crippen molar-refractivity contribution in [2.75, 3.05) is 32.5 Å². The summed E-state index contributed by atoms with van der Waals surface area (Å²) in [5.41, 5.74) is 2.97. The first-order valence-corrected chi connectivity index (χ1v) is 14.1. The van der Waals surface area contributed by atoms with E-state index in [1.54, 1.807) is 24.6 Å². The first kappa shape index (κ1) is 25.9. The Morgan fingerprint density at radius 1 is 1.34 bits per heavy atom. The fraction of sp³-hybridized carbons (Fsp3) is 0.481. The number of thioether (sulfide) groups is 1. The van der Waals surface area contributed by atoms with E-state index >= 15 is 0 Å². The van der Waals surface area contributed by atoms with E-state index in [1.165, 1.54) is 9.77 Å². The van der Waals surface area contributed by atoms with E-state index in [-0.39, 0.29) is 5.92 Å². The quantitative estimate of drug-likeness (QED) is 0.253. The number of rotatable bonds is 11. The number of aliphatic hydroxyl groups excluding tert-OH is 1. The SMILES string of the molecule is COc1ccc2nccc([C@H](O)CC[C@@H]3CCN(CCCSc4sccc4C)C[C@@H]3C(=O)O)c2c1. The van der Waals surface area contributed by atoms with Gasteiger partial charge in [0, 0.05) is 23.9 Å². The van der Waals surface area contributed by atoms with Crippen molar-refractivity contribution in [2.45, 2.75) is 42.9 Å². The largest absolute Gasteiger partial charge is 0.497 e. The molecule has 6 nitrogen and oxygen atoms in total. The molecule has 8 heteroatoms. The molecule has 0 aliphatic carbocycles. The fourth-order valence-corrected chi connectivity index (χ4v) is 7.04. The van der Waals surface area contributed by atoms with Crippen LogP contribution < -0.4 is 4.74 Å². The number of fused-ring (bicyclic) bond motifs is 1. The maximum absolute atomic E-state index is 12.1. The van der Waals surface area contributed by atoms with Gasteiger partial charge in [-0.1, -0.05) is 0 Å². The average Bonchev–Trinajstić information content (AvgIpc) is 3.29. The number of aliphatic hydroxyl groups is 1. The number of benzene rings is 1. The number of methoxy groups -OCH3 is 1. The number of likely N-dealkylation sites (tertiary alicyclic amines) is 1. The minimum atomic E-state index is -0.725. The van der Waals surface area contributed by atoms with Gasteiger partial charge in [-0.05, 0) is 98.5 Å². The van der Waals surface area contributed by atoms with Crippen molar-refractivity contribution < 1.29 is 19.7 Å². The van der Waals surface area contributed by atoms with Crippen LogP contribution in [0, 0.1) is 18.8 Å². The smallest absolute Gasteiger partial charge is 0.308 e. The maximum atomic E-state index is 12.1. The van der Waals surface area contributed by atoms with Gasteiger partial charge >= 0.3 is 5.97 Å². The molecule has 4 rings (SSSR count). The van der Waals surface area contributed by atoms with Gasteiger partial charge in [0.05, 0.1) is 28.9 Å². The summed E-state index contributed by atoms with van der Waals surface area (Å²) in [6.07, 6.45) is 4.17. The first-order valence-electron chi connectivity index (χ1n) is 12.2. The number of hydrogen-bond acceptors (Lipinski definition) is 7. The lowest BCUT2D eigenvalue weighted by Gasteiger charge is -2.37. The zero-order chi connectivity index (χ0) is 24.8. The molecule has 0 bridgehead atoms. The average molecular weight is 515 g/mol. The lowest BCUT2D eigenvalue weighted by molar-refractivity contribution is -0.146. The van der Waals surface area contributed by atoms with Crippen molar-refractivity contribution >= 4 is 40.0 Å². The Morgan fingerprint density at radius 2 is 2.20 bits per heavy atom. The first-order chi connectivity index (χ1) is 17.0. The van der Waals surface area contributed by atoms with Crippen LogP contribution in [-0.4, -0.2) is 58.6 Å². The Kier molecular flexibility index (Phi) is 9.05. The molecule has 0 saturated carbocycles. The van der Waals surface area contributed by atoms with E-state index in [0.717, 1.165) is 53.9 Å². The van der Waals surface area contributed by atoms with E-state index in [9.17, 15) is 15.0 Å². The summed E-state index contributed by atoms with van der Waals surface area (Å²) in [4.78, 5) is 18.8. The molecular formula is C27H34N2O4S2. The molecule has 2 aromatic heterocycles. The van der Waals surface area contributed by atoms with E-state index in [1.807, 2.05) is 36.0 Å². The molecule has 1 aliphatic heterocycles. The molecule has 0 unspecified atom stereocenters. The summed E-state index contributed by atoms with van der Waals surface area (Å²) in [6.45, 7) is 4.59. The van der Waals surface area contributed by atoms with Crippen molar-refractivity contribution in [1.29, 1.82) is 0 Å². The van der Waals surface area contributed by atoms with E-state index in [4.69, 9.17) is 4.74 Å². The molecule has 1 aliphatic rings. The van der Waals surface area contributed by atoms with Crippen molar-refractivity contribution in [3.63, 3.8) is 0 Å². The molecule has 0 radical (unpaired) electrons. The molecular weight excluding hydrogens is 480 g/mol. The van der Waals surface area contributed by atoms with Gasteiger partial charge in [-0.25, -0.2) is 0 Å². The lowest BCUT2D eigenvalue weighted by Crippen LogP contribution is -2.44. The summed E-state index contributed by atoms with van der Waals surface area (Å²) in [6, 6.07) is 9.65. The molecule has 0 spiro atoms. The van der Waals surface area contributed by atoms with Crippen molar-refractivity contribution in [3.05, 3.63) is 53.0 Å². The van der Waals surface area contributed by atoms with Crippen LogP contribution >= 0.6 is 23.1 Å². The molecule has 0 amide bonds. The molecule has 35 heavy (non-hydrogen) atoms. The van der Waals surface area contributed by atoms with E-state index in [2.05, 4.69) is 28.3 Å². The van der Waals surface area contributed by atoms with Crippen molar-refractivity contribution in [3.8, 4) is 5.75 Å². The monoisotopic (exact) mass is 514 g/mol. The number of aliphatic carboxylic acids is 1. The summed E-state index contributed by atoms with van der Waals surface area (Å²) in [5, 5.41) is 23.9. The Hall–Kier alpha value is -2.13. The highest BCUT2D eigenvalue weighted by molar-refractivity contribution is 8.01. The zero-order valence-electron chi connectivity index (χ0n) is 20.4. The van der Waals surface area contributed by atoms with Gasteiger partial charge in [0.15, 0.2) is 0 Å². The molecule has 3 heterocycles. The topological polar surface area (TPSA) is 82.9 Å². The van der Waals surface area contributed by atoms with Gasteiger partial charge in [-0.2, -0.15) is 0 Å². The summed E-state index contributed by atoms with van der Waals surface area (Å²) >= 11 is 3.69. The third-order valence-electron chi connectivity index (χ3n) is 6.98. The number of carboxylic acids is 1. The second kappa shape index (κ2) is 12.2. The normalized spacial score (nSPS) is 19.6. The molecule has 3 atom stereocenters. The Labute approximate surface area is 215 Å². The van der Waals surface area contributed by atoms with Gasteiger partial charge in [0.1, 0.15) is 5.75 Å². The Bertz CT molecular complexity index is 1140. The number of aromatic nitrogens is 1. The summed E-state index contributed by atoms with van der Waals surface area (Å²) in [7, 11) is 1.62. The number of pyridine rings is 1. The number of piperidine rings is 1. The zero-order valence-corrected chi connectivity index (χ0v) is 22.0. The van der Waals surface area contributed by atoms with Gasteiger partial charge in [-0.15, -0.1) is 23.1 Å². The second-order valence-electron chi connectivity index (χ2n) is 9.26. The molecule has 188 valence electrons. The number of nitrogens with zero attached hydrogens (tertiary/aromatic N) is 2. The Morgan fingerprint density at radius 3 is 2.94 bits per heavy atom. The molecule has 1 fully saturated rings. The Balaban J connectivity index is 1.30. The predicted molar refractivity (Wildman–Crippen MR) is 143 cm³/mol. The number of thiophene rings is 1. The number of hydrogen-bond donors (Lipinski definition) is 2. The van der Waals surface area contributed by atoms with E-state index < -0.39 is 18.0 Å². The maximum Gasteiger partial charge on any atom is 0.308 e. The van der Waals surface area contributed by atoms with Crippen LogP contribution in [0.2, 0.25) is 0 Å². The van der Waals surface area contributed by atoms with Crippen LogP contribution in [0.25, 0.3) is 10.9 Å². The number of ether oxygens (including phenoxy) is 1. The van der Waals surface area contributed by atoms with Crippen molar-refractivity contribution in [1.82, 2.24) is 9.88 Å². The number of carboxylic acid groups (broad SMARTS) is 1. The minimum absolute atomic E-state index is 0.0733. The molecule has 2 N–H and O–H groups in total. The number of carbonyl (C=O) groups is 1. The molecule has 3 aromatic rings. The molecule has 1 aromatic carbocycles. The van der Waals surface area contributed by atoms with E-state index in [0.29, 0.717) is 19.4 Å². The van der Waals surface area contributed by atoms with Crippen LogP contribution in [0.4, 0.5) is 0 Å². The number of aryl methyl sites for hydroxylation is 1. The van der Waals surface area contributed by atoms with Crippen LogP contribution in [0.5, 0.6) is 5.75 Å². The minimum Gasteiger partial charge on any atom is -0.497 e. The highest BCUT2D eigenvalue weighted by Gasteiger charge is 2.34. The summed E-state index contributed by atoms with van der Waals surface area (Å²) < 4.78 is 6.72. The lowest BCUT2D eigenvalue weighted by atomic mass is 9.81. The molecule has 1 saturated heterocycles. The highest BCUT2D eigenvalue weighted by Crippen LogP contribution is 2.34. The standard InChI is InChI=1S/C27H34N2O4S2/c1-18-10-15-35-27(18)34-14-3-12-29-13-9-19(23(17-29)26(31)32)4-7-25(30)21-8-11-28-24-6-5-20(33-2)16-22(21)24/h5-6,8,10-11,15-16,19,23,25,30H,3-4,7,9,12-14,17H2,1-2H3,(H,31,32)/t19-,23+,25-/m1/s1. The highest BCUT2D eigenvalue weighted by atomic mass is 32.2. The third kappa shape index (κ3) is 6.55. The van der Waals surface area contributed by atoms with Gasteiger partial charge in [-0.3, -0.25) is 9.78 Å². The fourth-order valence-electron chi connectivity index (χ4n) is 4.95.